The van der Waals surface area contributed by atoms with Gasteiger partial charge in [0.1, 0.15) is 6.04 Å². The summed E-state index contributed by atoms with van der Waals surface area (Å²) >= 11 is 0. The van der Waals surface area contributed by atoms with Gasteiger partial charge in [0, 0.05) is 26.2 Å². The topological polar surface area (TPSA) is 69.7 Å². The maximum Gasteiger partial charge on any atom is 0.240 e. The summed E-state index contributed by atoms with van der Waals surface area (Å²) < 4.78 is 26.9. The van der Waals surface area contributed by atoms with E-state index in [1.54, 1.807) is 4.90 Å². The molecule has 6 nitrogen and oxygen atoms in total. The summed E-state index contributed by atoms with van der Waals surface area (Å²) in [6.07, 6.45) is 1.98. The summed E-state index contributed by atoms with van der Waals surface area (Å²) in [6, 6.07) is -0.634. The van der Waals surface area contributed by atoms with E-state index in [2.05, 4.69) is 9.62 Å². The molecule has 1 heterocycles. The van der Waals surface area contributed by atoms with Gasteiger partial charge >= 0.3 is 0 Å². The van der Waals surface area contributed by atoms with E-state index in [0.717, 1.165) is 19.5 Å². The number of carbonyl (C=O) groups is 1. The summed E-state index contributed by atoms with van der Waals surface area (Å²) in [4.78, 5) is 16.6. The first-order chi connectivity index (χ1) is 10.2. The molecule has 0 radical (unpaired) electrons. The molecule has 1 fully saturated rings. The largest absolute Gasteiger partial charge is 0.339 e. The summed E-state index contributed by atoms with van der Waals surface area (Å²) in [7, 11) is -1.36. The zero-order chi connectivity index (χ0) is 16.8. The van der Waals surface area contributed by atoms with E-state index in [-0.39, 0.29) is 17.6 Å². The van der Waals surface area contributed by atoms with Crippen LogP contribution in [-0.4, -0.2) is 69.1 Å². The molecule has 1 N–H and O–H groups in total. The standard InChI is InChI=1S/C15H31N3O3S/c1-5-6-11-22(20,21)16-14(12-13(2)3)15(19)18-9-7-17(4)8-10-18/h13-14,16H,5-12H2,1-4H3/t14-/m1/s1. The smallest absolute Gasteiger partial charge is 0.240 e. The van der Waals surface area contributed by atoms with Crippen molar-refractivity contribution in [3.63, 3.8) is 0 Å². The third-order valence-corrected chi connectivity index (χ3v) is 5.38. The first kappa shape index (κ1) is 19.4. The molecule has 0 spiro atoms. The molecular formula is C15H31N3O3S. The number of nitrogens with one attached hydrogen (secondary N) is 1. The predicted molar refractivity (Wildman–Crippen MR) is 89.2 cm³/mol. The van der Waals surface area contributed by atoms with Gasteiger partial charge in [0.05, 0.1) is 5.75 Å². The van der Waals surface area contributed by atoms with Crippen LogP contribution in [0.15, 0.2) is 0 Å². The van der Waals surface area contributed by atoms with Gasteiger partial charge in [-0.15, -0.1) is 0 Å². The summed E-state index contributed by atoms with van der Waals surface area (Å²) in [5.41, 5.74) is 0. The van der Waals surface area contributed by atoms with Gasteiger partial charge in [0.25, 0.3) is 0 Å². The van der Waals surface area contributed by atoms with Gasteiger partial charge in [-0.05, 0) is 25.8 Å². The number of likely N-dealkylation sites (N-methyl/N-ethyl adjacent to an activating group) is 1. The van der Waals surface area contributed by atoms with Crippen molar-refractivity contribution in [2.45, 2.75) is 46.1 Å². The van der Waals surface area contributed by atoms with Gasteiger partial charge in [-0.1, -0.05) is 27.2 Å². The van der Waals surface area contributed by atoms with Gasteiger partial charge in [-0.25, -0.2) is 13.1 Å². The first-order valence-corrected chi connectivity index (χ1v) is 9.87. The van der Waals surface area contributed by atoms with Gasteiger partial charge in [0.15, 0.2) is 0 Å². The van der Waals surface area contributed by atoms with Gasteiger partial charge in [0.2, 0.25) is 15.9 Å². The lowest BCUT2D eigenvalue weighted by molar-refractivity contribution is -0.135. The zero-order valence-electron chi connectivity index (χ0n) is 14.3. The molecule has 0 aromatic rings. The fourth-order valence-electron chi connectivity index (χ4n) is 2.53. The maximum absolute atomic E-state index is 12.7. The highest BCUT2D eigenvalue weighted by Gasteiger charge is 2.30. The van der Waals surface area contributed by atoms with Crippen LogP contribution in [0.25, 0.3) is 0 Å². The Morgan fingerprint density at radius 1 is 1.18 bits per heavy atom. The minimum absolute atomic E-state index is 0.0816. The highest BCUT2D eigenvalue weighted by Crippen LogP contribution is 2.11. The van der Waals surface area contributed by atoms with Crippen LogP contribution < -0.4 is 4.72 Å². The Morgan fingerprint density at radius 3 is 2.27 bits per heavy atom. The van der Waals surface area contributed by atoms with Gasteiger partial charge < -0.3 is 9.80 Å². The summed E-state index contributed by atoms with van der Waals surface area (Å²) in [5.74, 6) is 0.269. The number of unbranched alkanes of at least 4 members (excludes halogenated alkanes) is 1. The molecule has 0 aliphatic carbocycles. The first-order valence-electron chi connectivity index (χ1n) is 8.22. The van der Waals surface area contributed by atoms with Crippen LogP contribution in [0.1, 0.15) is 40.0 Å². The number of carbonyl (C=O) groups excluding carboxylic acids is 1. The van der Waals surface area contributed by atoms with E-state index < -0.39 is 16.1 Å². The summed E-state index contributed by atoms with van der Waals surface area (Å²) in [5, 5.41) is 0. The fraction of sp³-hybridized carbons (Fsp3) is 0.933. The Hall–Kier alpha value is -0.660. The lowest BCUT2D eigenvalue weighted by atomic mass is 10.0. The quantitative estimate of drug-likeness (QED) is 0.716. The Morgan fingerprint density at radius 2 is 1.77 bits per heavy atom. The van der Waals surface area contributed by atoms with E-state index >= 15 is 0 Å². The van der Waals surface area contributed by atoms with Gasteiger partial charge in [-0.3, -0.25) is 4.79 Å². The van der Waals surface area contributed by atoms with Crippen molar-refractivity contribution < 1.29 is 13.2 Å². The lowest BCUT2D eigenvalue weighted by Crippen LogP contribution is -2.54. The van der Waals surface area contributed by atoms with E-state index in [0.29, 0.717) is 25.9 Å². The summed E-state index contributed by atoms with van der Waals surface area (Å²) in [6.45, 7) is 8.97. The van der Waals surface area contributed by atoms with Crippen LogP contribution in [0.2, 0.25) is 0 Å². The predicted octanol–water partition coefficient (Wildman–Crippen LogP) is 0.895. The molecule has 0 saturated carbocycles. The SMILES string of the molecule is CCCCS(=O)(=O)N[C@H](CC(C)C)C(=O)N1CCN(C)CC1. The number of hydrogen-bond acceptors (Lipinski definition) is 4. The van der Waals surface area contributed by atoms with Crippen molar-refractivity contribution in [1.29, 1.82) is 0 Å². The van der Waals surface area contributed by atoms with E-state index in [1.807, 2.05) is 27.8 Å². The van der Waals surface area contributed by atoms with Crippen LogP contribution in [0.3, 0.4) is 0 Å². The van der Waals surface area contributed by atoms with Crippen molar-refractivity contribution in [2.75, 3.05) is 39.0 Å². The Labute approximate surface area is 135 Å². The van der Waals surface area contributed by atoms with Crippen molar-refractivity contribution >= 4 is 15.9 Å². The van der Waals surface area contributed by atoms with Crippen LogP contribution >= 0.6 is 0 Å². The second kappa shape index (κ2) is 8.84. The lowest BCUT2D eigenvalue weighted by Gasteiger charge is -2.35. The second-order valence-electron chi connectivity index (χ2n) is 6.60. The molecule has 0 bridgehead atoms. The molecule has 7 heteroatoms. The molecular weight excluding hydrogens is 302 g/mol. The molecule has 1 atom stereocenters. The average molecular weight is 333 g/mol. The average Bonchev–Trinajstić information content (AvgIpc) is 2.44. The monoisotopic (exact) mass is 333 g/mol. The fourth-order valence-corrected chi connectivity index (χ4v) is 3.95. The number of rotatable bonds is 8. The van der Waals surface area contributed by atoms with Crippen molar-refractivity contribution in [3.05, 3.63) is 0 Å². The molecule has 0 unspecified atom stereocenters. The third-order valence-electron chi connectivity index (χ3n) is 3.91. The van der Waals surface area contributed by atoms with Crippen molar-refractivity contribution in [3.8, 4) is 0 Å². The molecule has 1 aliphatic rings. The molecule has 1 aliphatic heterocycles. The van der Waals surface area contributed by atoms with Crippen LogP contribution in [0.4, 0.5) is 0 Å². The number of hydrogen-bond donors (Lipinski definition) is 1. The number of sulfonamides is 1. The van der Waals surface area contributed by atoms with Crippen molar-refractivity contribution in [1.82, 2.24) is 14.5 Å². The van der Waals surface area contributed by atoms with Crippen LogP contribution in [0, 0.1) is 5.92 Å². The molecule has 1 saturated heterocycles. The molecule has 0 aromatic heterocycles. The van der Waals surface area contributed by atoms with Crippen LogP contribution in [0.5, 0.6) is 0 Å². The minimum Gasteiger partial charge on any atom is -0.339 e. The maximum atomic E-state index is 12.7. The molecule has 1 amide bonds. The Kier molecular flexibility index (Phi) is 7.79. The highest BCUT2D eigenvalue weighted by atomic mass is 32.2. The van der Waals surface area contributed by atoms with Crippen LogP contribution in [-0.2, 0) is 14.8 Å². The molecule has 1 rings (SSSR count). The zero-order valence-corrected chi connectivity index (χ0v) is 15.2. The highest BCUT2D eigenvalue weighted by molar-refractivity contribution is 7.89. The Balaban J connectivity index is 2.72. The van der Waals surface area contributed by atoms with Gasteiger partial charge in [-0.2, -0.15) is 0 Å². The molecule has 22 heavy (non-hydrogen) atoms. The number of nitrogens with zero attached hydrogens (tertiary/aromatic N) is 2. The van der Waals surface area contributed by atoms with E-state index in [9.17, 15) is 13.2 Å². The Bertz CT molecular complexity index is 443. The number of piperazine rings is 1. The normalized spacial score (nSPS) is 18.7. The molecule has 0 aromatic carbocycles. The van der Waals surface area contributed by atoms with Crippen molar-refractivity contribution in [2.24, 2.45) is 5.92 Å². The number of amides is 1. The van der Waals surface area contributed by atoms with E-state index in [4.69, 9.17) is 0 Å². The molecule has 130 valence electrons. The second-order valence-corrected chi connectivity index (χ2v) is 8.47. The minimum atomic E-state index is -3.39. The van der Waals surface area contributed by atoms with E-state index in [1.165, 1.54) is 0 Å². The third kappa shape index (κ3) is 6.62.